The highest BCUT2D eigenvalue weighted by molar-refractivity contribution is 5.96. The summed E-state index contributed by atoms with van der Waals surface area (Å²) in [6.45, 7) is 1.80. The molecule has 0 amide bonds. The zero-order chi connectivity index (χ0) is 11.1. The van der Waals surface area contributed by atoms with Gasteiger partial charge >= 0.3 is 5.97 Å². The zero-order valence-corrected chi connectivity index (χ0v) is 8.23. The Balaban J connectivity index is 3.90. The summed E-state index contributed by atoms with van der Waals surface area (Å²) in [6, 6.07) is -1.32. The van der Waals surface area contributed by atoms with Gasteiger partial charge in [0.05, 0.1) is 0 Å². The predicted molar refractivity (Wildman–Crippen MR) is 55.4 cm³/mol. The maximum absolute atomic E-state index is 10.4. The van der Waals surface area contributed by atoms with Gasteiger partial charge in [-0.3, -0.25) is 4.79 Å². The third-order valence-corrected chi connectivity index (χ3v) is 1.85. The molecule has 6 N–H and O–H groups in total. The lowest BCUT2D eigenvalue weighted by Crippen LogP contribution is -2.35. The molecule has 0 saturated heterocycles. The Labute approximate surface area is 83.3 Å². The minimum absolute atomic E-state index is 0.288. The fourth-order valence-corrected chi connectivity index (χ4v) is 0.941. The molecule has 0 saturated carbocycles. The first-order chi connectivity index (χ1) is 6.49. The van der Waals surface area contributed by atoms with Crippen LogP contribution < -0.4 is 11.5 Å². The van der Waals surface area contributed by atoms with E-state index in [-0.39, 0.29) is 6.42 Å². The standard InChI is InChI=1S/C9H17N3O2/c1-2-3-6(10)7(11)4-5-8(12)9(13)14/h2-3,7-8,10H,4-5,11-12H2,1H3,(H,13,14)/t7?,8-/m1/s1. The number of carboxylic acids is 1. The van der Waals surface area contributed by atoms with Crippen LogP contribution in [-0.4, -0.2) is 28.9 Å². The third kappa shape index (κ3) is 4.74. The van der Waals surface area contributed by atoms with Crippen LogP contribution in [0.2, 0.25) is 0 Å². The molecule has 2 atom stereocenters. The minimum atomic E-state index is -1.03. The molecule has 0 aliphatic carbocycles. The number of rotatable bonds is 6. The number of allylic oxidation sites excluding steroid dienone is 1. The van der Waals surface area contributed by atoms with E-state index in [0.29, 0.717) is 12.1 Å². The van der Waals surface area contributed by atoms with Crippen LogP contribution >= 0.6 is 0 Å². The van der Waals surface area contributed by atoms with Gasteiger partial charge in [0.1, 0.15) is 6.04 Å². The molecule has 0 aliphatic heterocycles. The zero-order valence-electron chi connectivity index (χ0n) is 8.23. The average Bonchev–Trinajstić information content (AvgIpc) is 2.13. The van der Waals surface area contributed by atoms with Gasteiger partial charge in [0, 0.05) is 11.8 Å². The quantitative estimate of drug-likeness (QED) is 0.454. The first-order valence-electron chi connectivity index (χ1n) is 4.44. The number of carboxylic acid groups (broad SMARTS) is 1. The van der Waals surface area contributed by atoms with E-state index < -0.39 is 18.1 Å². The number of nitrogens with one attached hydrogen (secondary N) is 1. The van der Waals surface area contributed by atoms with E-state index in [0.717, 1.165) is 0 Å². The fraction of sp³-hybridized carbons (Fsp3) is 0.556. The van der Waals surface area contributed by atoms with Gasteiger partial charge in [-0.05, 0) is 25.8 Å². The monoisotopic (exact) mass is 199 g/mol. The highest BCUT2D eigenvalue weighted by Crippen LogP contribution is 2.00. The molecule has 1 unspecified atom stereocenters. The van der Waals surface area contributed by atoms with Gasteiger partial charge in [0.2, 0.25) is 0 Å². The SMILES string of the molecule is CC=CC(=N)C(N)CC[C@@H](N)C(=O)O. The molecule has 0 aromatic carbocycles. The summed E-state index contributed by atoms with van der Waals surface area (Å²) in [5.74, 6) is -1.03. The summed E-state index contributed by atoms with van der Waals surface area (Å²) < 4.78 is 0. The van der Waals surface area contributed by atoms with E-state index >= 15 is 0 Å². The Morgan fingerprint density at radius 1 is 1.43 bits per heavy atom. The highest BCUT2D eigenvalue weighted by atomic mass is 16.4. The first-order valence-corrected chi connectivity index (χ1v) is 4.44. The molecule has 0 heterocycles. The van der Waals surface area contributed by atoms with Gasteiger partial charge in [-0.1, -0.05) is 6.08 Å². The predicted octanol–water partition coefficient (Wildman–Crippen LogP) is 0.102. The van der Waals surface area contributed by atoms with Crippen molar-refractivity contribution in [1.82, 2.24) is 0 Å². The summed E-state index contributed by atoms with van der Waals surface area (Å²) in [5.41, 5.74) is 11.2. The Hall–Kier alpha value is -1.20. The Bertz CT molecular complexity index is 238. The summed E-state index contributed by atoms with van der Waals surface area (Å²) in [5, 5.41) is 15.9. The second kappa shape index (κ2) is 6.28. The van der Waals surface area contributed by atoms with Crippen molar-refractivity contribution < 1.29 is 9.90 Å². The number of carbonyl (C=O) groups is 1. The molecular formula is C9H17N3O2. The van der Waals surface area contributed by atoms with Crippen molar-refractivity contribution in [3.63, 3.8) is 0 Å². The van der Waals surface area contributed by atoms with Crippen molar-refractivity contribution in [1.29, 1.82) is 5.41 Å². The molecule has 0 bridgehead atoms. The van der Waals surface area contributed by atoms with Crippen LogP contribution in [0.15, 0.2) is 12.2 Å². The van der Waals surface area contributed by atoms with Crippen LogP contribution in [0.5, 0.6) is 0 Å². The number of nitrogens with two attached hydrogens (primary N) is 2. The van der Waals surface area contributed by atoms with Crippen LogP contribution in [0.1, 0.15) is 19.8 Å². The van der Waals surface area contributed by atoms with Gasteiger partial charge in [0.25, 0.3) is 0 Å². The smallest absolute Gasteiger partial charge is 0.320 e. The Kier molecular flexibility index (Phi) is 5.74. The molecule has 0 fully saturated rings. The van der Waals surface area contributed by atoms with Crippen molar-refractivity contribution in [3.8, 4) is 0 Å². The van der Waals surface area contributed by atoms with Crippen LogP contribution in [-0.2, 0) is 4.79 Å². The molecule has 0 radical (unpaired) electrons. The topological polar surface area (TPSA) is 113 Å². The maximum atomic E-state index is 10.4. The number of aliphatic carboxylic acids is 1. The molecule has 5 nitrogen and oxygen atoms in total. The van der Waals surface area contributed by atoms with E-state index in [1.54, 1.807) is 19.1 Å². The third-order valence-electron chi connectivity index (χ3n) is 1.85. The van der Waals surface area contributed by atoms with Crippen molar-refractivity contribution in [2.24, 2.45) is 11.5 Å². The van der Waals surface area contributed by atoms with Crippen LogP contribution in [0.3, 0.4) is 0 Å². The van der Waals surface area contributed by atoms with Crippen LogP contribution in [0, 0.1) is 5.41 Å². The highest BCUT2D eigenvalue weighted by Gasteiger charge is 2.14. The average molecular weight is 199 g/mol. The lowest BCUT2D eigenvalue weighted by Gasteiger charge is -2.11. The maximum Gasteiger partial charge on any atom is 0.320 e. The largest absolute Gasteiger partial charge is 0.480 e. The van der Waals surface area contributed by atoms with Crippen molar-refractivity contribution >= 4 is 11.7 Å². The number of hydrogen-bond acceptors (Lipinski definition) is 4. The molecule has 5 heteroatoms. The van der Waals surface area contributed by atoms with E-state index in [1.807, 2.05) is 0 Å². The summed E-state index contributed by atoms with van der Waals surface area (Å²) in [6.07, 6.45) is 4.02. The minimum Gasteiger partial charge on any atom is -0.480 e. The van der Waals surface area contributed by atoms with E-state index in [4.69, 9.17) is 22.0 Å². The Morgan fingerprint density at radius 2 is 1.93 bits per heavy atom. The van der Waals surface area contributed by atoms with Gasteiger partial charge in [-0.15, -0.1) is 0 Å². The molecule has 0 rings (SSSR count). The van der Waals surface area contributed by atoms with E-state index in [9.17, 15) is 4.79 Å². The lowest BCUT2D eigenvalue weighted by atomic mass is 10.0. The normalized spacial score (nSPS) is 15.4. The molecular weight excluding hydrogens is 182 g/mol. The first kappa shape index (κ1) is 12.8. The number of hydrogen-bond donors (Lipinski definition) is 4. The molecule has 14 heavy (non-hydrogen) atoms. The fourth-order valence-electron chi connectivity index (χ4n) is 0.941. The lowest BCUT2D eigenvalue weighted by molar-refractivity contribution is -0.138. The van der Waals surface area contributed by atoms with Crippen LogP contribution in [0.4, 0.5) is 0 Å². The van der Waals surface area contributed by atoms with Crippen LogP contribution in [0.25, 0.3) is 0 Å². The molecule has 0 spiro atoms. The molecule has 80 valence electrons. The summed E-state index contributed by atoms with van der Waals surface area (Å²) >= 11 is 0. The van der Waals surface area contributed by atoms with Crippen molar-refractivity contribution in [3.05, 3.63) is 12.2 Å². The van der Waals surface area contributed by atoms with Gasteiger partial charge in [-0.2, -0.15) is 0 Å². The van der Waals surface area contributed by atoms with Crippen molar-refractivity contribution in [2.75, 3.05) is 0 Å². The summed E-state index contributed by atoms with van der Waals surface area (Å²) in [7, 11) is 0. The van der Waals surface area contributed by atoms with E-state index in [1.165, 1.54) is 0 Å². The van der Waals surface area contributed by atoms with Gasteiger partial charge in [0.15, 0.2) is 0 Å². The van der Waals surface area contributed by atoms with E-state index in [2.05, 4.69) is 0 Å². The Morgan fingerprint density at radius 3 is 2.36 bits per heavy atom. The summed E-state index contributed by atoms with van der Waals surface area (Å²) in [4.78, 5) is 10.4. The van der Waals surface area contributed by atoms with Gasteiger partial charge < -0.3 is 22.0 Å². The molecule has 0 aromatic heterocycles. The second-order valence-corrected chi connectivity index (χ2v) is 3.08. The molecule has 0 aliphatic rings. The van der Waals surface area contributed by atoms with Crippen molar-refractivity contribution in [2.45, 2.75) is 31.8 Å². The van der Waals surface area contributed by atoms with Gasteiger partial charge in [-0.25, -0.2) is 0 Å². The second-order valence-electron chi connectivity index (χ2n) is 3.08. The molecule has 0 aromatic rings.